The van der Waals surface area contributed by atoms with Crippen LogP contribution in [0.4, 0.5) is 0 Å². The van der Waals surface area contributed by atoms with Gasteiger partial charge in [0.05, 0.1) is 17.9 Å². The van der Waals surface area contributed by atoms with E-state index in [0.717, 1.165) is 11.3 Å². The SMILES string of the molecule is O=C(CCc1cc(Cl)no1)N1CCc2c(nc3cc(-c4ccccc4)[nH]n3c2=O)C1. The number of rotatable bonds is 4. The van der Waals surface area contributed by atoms with E-state index in [2.05, 4.69) is 15.2 Å². The number of hydrogen-bond donors (Lipinski definition) is 1. The average molecular weight is 424 g/mol. The van der Waals surface area contributed by atoms with E-state index in [9.17, 15) is 9.59 Å². The number of benzene rings is 1. The summed E-state index contributed by atoms with van der Waals surface area (Å²) in [6, 6.07) is 13.2. The number of nitrogens with zero attached hydrogens (tertiary/aromatic N) is 4. The third-order valence-corrected chi connectivity index (χ3v) is 5.50. The number of H-pyrrole nitrogens is 1. The molecule has 8 nitrogen and oxygen atoms in total. The molecule has 152 valence electrons. The number of halogens is 1. The van der Waals surface area contributed by atoms with E-state index < -0.39 is 0 Å². The zero-order valence-electron chi connectivity index (χ0n) is 16.0. The van der Waals surface area contributed by atoms with Gasteiger partial charge < -0.3 is 9.42 Å². The van der Waals surface area contributed by atoms with E-state index in [1.165, 1.54) is 4.52 Å². The van der Waals surface area contributed by atoms with Crippen molar-refractivity contribution in [2.24, 2.45) is 0 Å². The number of aromatic amines is 1. The van der Waals surface area contributed by atoms with Crippen LogP contribution in [0.3, 0.4) is 0 Å². The van der Waals surface area contributed by atoms with Gasteiger partial charge in [-0.2, -0.15) is 0 Å². The van der Waals surface area contributed by atoms with Crippen molar-refractivity contribution in [3.63, 3.8) is 0 Å². The fraction of sp³-hybridized carbons (Fsp3) is 0.238. The molecule has 1 aliphatic heterocycles. The molecule has 0 aliphatic carbocycles. The zero-order valence-corrected chi connectivity index (χ0v) is 16.7. The summed E-state index contributed by atoms with van der Waals surface area (Å²) in [6.07, 6.45) is 1.18. The van der Waals surface area contributed by atoms with Gasteiger partial charge in [0.2, 0.25) is 5.91 Å². The number of carbonyl (C=O) groups is 1. The summed E-state index contributed by atoms with van der Waals surface area (Å²) in [5, 5.41) is 7.03. The molecule has 3 aromatic heterocycles. The Kier molecular flexibility index (Phi) is 4.63. The molecular formula is C21H18ClN5O3. The third-order valence-electron chi connectivity index (χ3n) is 5.32. The maximum atomic E-state index is 13.0. The van der Waals surface area contributed by atoms with Crippen LogP contribution in [0.15, 0.2) is 51.8 Å². The monoisotopic (exact) mass is 423 g/mol. The topological polar surface area (TPSA) is 96.5 Å². The van der Waals surface area contributed by atoms with Gasteiger partial charge in [-0.1, -0.05) is 47.1 Å². The summed E-state index contributed by atoms with van der Waals surface area (Å²) in [7, 11) is 0. The fourth-order valence-electron chi connectivity index (χ4n) is 3.77. The van der Waals surface area contributed by atoms with Gasteiger partial charge in [-0.3, -0.25) is 14.7 Å². The van der Waals surface area contributed by atoms with Crippen LogP contribution in [0.25, 0.3) is 16.9 Å². The molecule has 0 atom stereocenters. The minimum absolute atomic E-state index is 0.0192. The van der Waals surface area contributed by atoms with E-state index in [0.29, 0.717) is 48.6 Å². The molecule has 0 radical (unpaired) electrons. The van der Waals surface area contributed by atoms with Crippen molar-refractivity contribution in [1.82, 2.24) is 24.7 Å². The molecule has 9 heteroatoms. The Morgan fingerprint density at radius 1 is 1.23 bits per heavy atom. The van der Waals surface area contributed by atoms with Crippen LogP contribution in [0.2, 0.25) is 5.15 Å². The number of hydrogen-bond acceptors (Lipinski definition) is 5. The lowest BCUT2D eigenvalue weighted by molar-refractivity contribution is -0.132. The summed E-state index contributed by atoms with van der Waals surface area (Å²) in [6.45, 7) is 0.807. The Morgan fingerprint density at radius 3 is 2.83 bits per heavy atom. The lowest BCUT2D eigenvalue weighted by Crippen LogP contribution is -2.39. The highest BCUT2D eigenvalue weighted by atomic mass is 35.5. The summed E-state index contributed by atoms with van der Waals surface area (Å²) in [5.74, 6) is 0.554. The summed E-state index contributed by atoms with van der Waals surface area (Å²) in [5.41, 5.74) is 3.54. The first-order valence-corrected chi connectivity index (χ1v) is 10.0. The molecule has 0 saturated carbocycles. The van der Waals surface area contributed by atoms with Gasteiger partial charge >= 0.3 is 0 Å². The Balaban J connectivity index is 1.38. The van der Waals surface area contributed by atoms with Crippen LogP contribution in [0.5, 0.6) is 0 Å². The highest BCUT2D eigenvalue weighted by Gasteiger charge is 2.25. The average Bonchev–Trinajstić information content (AvgIpc) is 3.38. The maximum Gasteiger partial charge on any atom is 0.276 e. The Bertz CT molecular complexity index is 1290. The Labute approximate surface area is 176 Å². The highest BCUT2D eigenvalue weighted by molar-refractivity contribution is 6.29. The fourth-order valence-corrected chi connectivity index (χ4v) is 3.92. The molecule has 1 N–H and O–H groups in total. The first-order valence-electron chi connectivity index (χ1n) is 9.66. The van der Waals surface area contributed by atoms with Crippen molar-refractivity contribution in [3.8, 4) is 11.3 Å². The van der Waals surface area contributed by atoms with Gasteiger partial charge in [0.15, 0.2) is 10.8 Å². The number of carbonyl (C=O) groups excluding carboxylic acids is 1. The molecule has 30 heavy (non-hydrogen) atoms. The number of amides is 1. The van der Waals surface area contributed by atoms with E-state index in [4.69, 9.17) is 16.1 Å². The minimum Gasteiger partial charge on any atom is -0.360 e. The van der Waals surface area contributed by atoms with Gasteiger partial charge in [0.25, 0.3) is 5.56 Å². The lowest BCUT2D eigenvalue weighted by Gasteiger charge is -2.27. The Hall–Kier alpha value is -3.39. The molecule has 0 unspecified atom stereocenters. The van der Waals surface area contributed by atoms with Crippen LogP contribution in [-0.4, -0.2) is 37.1 Å². The molecule has 5 rings (SSSR count). The van der Waals surface area contributed by atoms with Crippen LogP contribution in [-0.2, 0) is 24.2 Å². The minimum atomic E-state index is -0.111. The van der Waals surface area contributed by atoms with Gasteiger partial charge in [-0.25, -0.2) is 9.50 Å². The predicted octanol–water partition coefficient (Wildman–Crippen LogP) is 2.85. The smallest absolute Gasteiger partial charge is 0.276 e. The third kappa shape index (κ3) is 3.39. The van der Waals surface area contributed by atoms with Gasteiger partial charge in [-0.15, -0.1) is 0 Å². The van der Waals surface area contributed by atoms with Gasteiger partial charge in [0.1, 0.15) is 5.76 Å². The maximum absolute atomic E-state index is 13.0. The molecule has 0 saturated heterocycles. The molecule has 0 bridgehead atoms. The number of nitrogens with one attached hydrogen (secondary N) is 1. The van der Waals surface area contributed by atoms with E-state index >= 15 is 0 Å². The van der Waals surface area contributed by atoms with Crippen molar-refractivity contribution < 1.29 is 9.32 Å². The summed E-state index contributed by atoms with van der Waals surface area (Å²) >= 11 is 5.74. The van der Waals surface area contributed by atoms with Gasteiger partial charge in [0, 0.05) is 37.1 Å². The molecule has 1 amide bonds. The second-order valence-electron chi connectivity index (χ2n) is 7.25. The van der Waals surface area contributed by atoms with E-state index in [1.807, 2.05) is 36.4 Å². The van der Waals surface area contributed by atoms with E-state index in [1.54, 1.807) is 11.0 Å². The van der Waals surface area contributed by atoms with Gasteiger partial charge in [-0.05, 0) is 12.0 Å². The molecule has 0 spiro atoms. The van der Waals surface area contributed by atoms with Crippen molar-refractivity contribution in [1.29, 1.82) is 0 Å². The number of fused-ring (bicyclic) bond motifs is 2. The van der Waals surface area contributed by atoms with Crippen LogP contribution >= 0.6 is 11.6 Å². The number of aromatic nitrogens is 4. The van der Waals surface area contributed by atoms with Crippen molar-refractivity contribution in [3.05, 3.63) is 75.0 Å². The quantitative estimate of drug-likeness (QED) is 0.544. The van der Waals surface area contributed by atoms with E-state index in [-0.39, 0.29) is 23.0 Å². The standard InChI is InChI=1S/C21H18ClN5O3/c22-18-10-14(30-25-18)6-7-20(28)26-9-8-15-17(12-26)23-19-11-16(24-27(19)21(15)29)13-4-2-1-3-5-13/h1-5,10-11,24H,6-9,12H2. The van der Waals surface area contributed by atoms with Crippen LogP contribution in [0, 0.1) is 0 Å². The largest absolute Gasteiger partial charge is 0.360 e. The summed E-state index contributed by atoms with van der Waals surface area (Å²) in [4.78, 5) is 32.0. The molecule has 1 aromatic carbocycles. The molecule has 4 aromatic rings. The van der Waals surface area contributed by atoms with Crippen LogP contribution < -0.4 is 5.56 Å². The summed E-state index contributed by atoms with van der Waals surface area (Å²) < 4.78 is 6.53. The highest BCUT2D eigenvalue weighted by Crippen LogP contribution is 2.21. The van der Waals surface area contributed by atoms with Crippen molar-refractivity contribution >= 4 is 23.2 Å². The van der Waals surface area contributed by atoms with Crippen molar-refractivity contribution in [2.45, 2.75) is 25.8 Å². The molecule has 4 heterocycles. The van der Waals surface area contributed by atoms with Crippen molar-refractivity contribution in [2.75, 3.05) is 6.54 Å². The number of aryl methyl sites for hydroxylation is 1. The molecule has 0 fully saturated rings. The molecular weight excluding hydrogens is 406 g/mol. The normalized spacial score (nSPS) is 13.6. The first-order chi connectivity index (χ1) is 14.6. The lowest BCUT2D eigenvalue weighted by atomic mass is 10.1. The zero-order chi connectivity index (χ0) is 20.7. The first kappa shape index (κ1) is 18.6. The second kappa shape index (κ2) is 7.46. The Morgan fingerprint density at radius 2 is 2.07 bits per heavy atom. The molecule has 1 aliphatic rings. The van der Waals surface area contributed by atoms with Crippen LogP contribution in [0.1, 0.15) is 23.4 Å². The second-order valence-corrected chi connectivity index (χ2v) is 7.64. The predicted molar refractivity (Wildman–Crippen MR) is 110 cm³/mol.